The summed E-state index contributed by atoms with van der Waals surface area (Å²) in [4.78, 5) is 41.4. The van der Waals surface area contributed by atoms with E-state index in [1.165, 1.54) is 0 Å². The van der Waals surface area contributed by atoms with Crippen molar-refractivity contribution in [2.75, 3.05) is 26.2 Å². The van der Waals surface area contributed by atoms with Gasteiger partial charge in [-0.3, -0.25) is 24.1 Å². The number of hydrogen-bond acceptors (Lipinski definition) is 7. The van der Waals surface area contributed by atoms with Crippen molar-refractivity contribution < 1.29 is 39.6 Å². The van der Waals surface area contributed by atoms with Crippen LogP contribution in [0, 0.1) is 0 Å². The standard InChI is InChI=1S/C6H14N2O2.C6H9NO6/c7-4-2-1-3-5(8)6(9)10;8-4(9)1-7(2-5(10)11)3-6(12)13/h5H,1-4,7-8H2,(H,9,10);1-3H2,(H,8,9)(H,10,11)(H,12,13)/t5-;/m0./s1. The lowest BCUT2D eigenvalue weighted by molar-refractivity contribution is -0.145. The van der Waals surface area contributed by atoms with Gasteiger partial charge in [0.2, 0.25) is 0 Å². The molecule has 0 radical (unpaired) electrons. The fraction of sp³-hybridized carbons (Fsp3) is 0.667. The van der Waals surface area contributed by atoms with Gasteiger partial charge in [-0.15, -0.1) is 0 Å². The fourth-order valence-electron chi connectivity index (χ4n) is 1.37. The van der Waals surface area contributed by atoms with Crippen molar-refractivity contribution in [2.24, 2.45) is 11.5 Å². The molecule has 8 N–H and O–H groups in total. The third kappa shape index (κ3) is 17.7. The maximum atomic E-state index is 10.1. The molecule has 0 aromatic rings. The van der Waals surface area contributed by atoms with E-state index in [4.69, 9.17) is 31.9 Å². The smallest absolute Gasteiger partial charge is 0.320 e. The van der Waals surface area contributed by atoms with Crippen molar-refractivity contribution in [3.63, 3.8) is 0 Å². The molecule has 0 aromatic heterocycles. The van der Waals surface area contributed by atoms with Crippen molar-refractivity contribution in [1.29, 1.82) is 0 Å². The molecule has 0 aliphatic carbocycles. The molecule has 0 amide bonds. The Bertz CT molecular complexity index is 364. The van der Waals surface area contributed by atoms with E-state index in [0.717, 1.165) is 17.7 Å². The molecular formula is C12H23N3O8. The first-order valence-corrected chi connectivity index (χ1v) is 6.66. The van der Waals surface area contributed by atoms with E-state index >= 15 is 0 Å². The quantitative estimate of drug-likeness (QED) is 0.229. The number of nitrogens with two attached hydrogens (primary N) is 2. The summed E-state index contributed by atoms with van der Waals surface area (Å²) in [7, 11) is 0. The second-order valence-corrected chi connectivity index (χ2v) is 4.56. The summed E-state index contributed by atoms with van der Waals surface area (Å²) >= 11 is 0. The number of hydrogen-bond donors (Lipinski definition) is 6. The average molecular weight is 337 g/mol. The van der Waals surface area contributed by atoms with Crippen LogP contribution in [-0.4, -0.2) is 81.4 Å². The van der Waals surface area contributed by atoms with Crippen LogP contribution in [0.25, 0.3) is 0 Å². The van der Waals surface area contributed by atoms with Crippen LogP contribution in [0.1, 0.15) is 19.3 Å². The maximum Gasteiger partial charge on any atom is 0.320 e. The maximum absolute atomic E-state index is 10.1. The molecule has 0 unspecified atom stereocenters. The Labute approximate surface area is 132 Å². The second kappa shape index (κ2) is 13.4. The van der Waals surface area contributed by atoms with Gasteiger partial charge in [0.25, 0.3) is 0 Å². The summed E-state index contributed by atoms with van der Waals surface area (Å²) in [5, 5.41) is 33.2. The monoisotopic (exact) mass is 337 g/mol. The summed E-state index contributed by atoms with van der Waals surface area (Å²) < 4.78 is 0. The van der Waals surface area contributed by atoms with Gasteiger partial charge in [-0.1, -0.05) is 6.42 Å². The lowest BCUT2D eigenvalue weighted by Gasteiger charge is -2.14. The Kier molecular flexibility index (Phi) is 13.4. The summed E-state index contributed by atoms with van der Waals surface area (Å²) in [5.74, 6) is -4.72. The molecule has 0 aromatic carbocycles. The number of carboxylic acids is 4. The van der Waals surface area contributed by atoms with Gasteiger partial charge in [-0.25, -0.2) is 0 Å². The normalized spacial score (nSPS) is 11.3. The predicted molar refractivity (Wildman–Crippen MR) is 77.9 cm³/mol. The van der Waals surface area contributed by atoms with E-state index in [1.54, 1.807) is 0 Å². The Morgan fingerprint density at radius 1 is 0.826 bits per heavy atom. The number of unbranched alkanes of at least 4 members (excludes halogenated alkanes) is 1. The van der Waals surface area contributed by atoms with Crippen LogP contribution in [-0.2, 0) is 19.2 Å². The number of carbonyl (C=O) groups is 4. The Morgan fingerprint density at radius 2 is 1.22 bits per heavy atom. The highest BCUT2D eigenvalue weighted by Gasteiger charge is 2.15. The molecule has 134 valence electrons. The van der Waals surface area contributed by atoms with Crippen molar-refractivity contribution >= 4 is 23.9 Å². The van der Waals surface area contributed by atoms with E-state index in [2.05, 4.69) is 0 Å². The van der Waals surface area contributed by atoms with Gasteiger partial charge in [0, 0.05) is 0 Å². The van der Waals surface area contributed by atoms with Crippen LogP contribution < -0.4 is 11.5 Å². The average Bonchev–Trinajstić information content (AvgIpc) is 2.36. The number of carboxylic acid groups (broad SMARTS) is 4. The topological polar surface area (TPSA) is 204 Å². The molecule has 1 atom stereocenters. The first-order chi connectivity index (χ1) is 10.6. The molecule has 0 saturated heterocycles. The third-order valence-electron chi connectivity index (χ3n) is 2.36. The summed E-state index contributed by atoms with van der Waals surface area (Å²) in [6, 6.07) is -0.716. The van der Waals surface area contributed by atoms with Gasteiger partial charge in [0.05, 0.1) is 19.6 Å². The number of aliphatic carboxylic acids is 4. The predicted octanol–water partition coefficient (Wildman–Crippen LogP) is -1.93. The molecule has 0 rings (SSSR count). The molecule has 0 fully saturated rings. The zero-order chi connectivity index (χ0) is 18.4. The molecule has 0 spiro atoms. The highest BCUT2D eigenvalue weighted by atomic mass is 16.4. The largest absolute Gasteiger partial charge is 0.480 e. The lowest BCUT2D eigenvalue weighted by atomic mass is 10.1. The molecule has 0 bridgehead atoms. The first-order valence-electron chi connectivity index (χ1n) is 6.66. The van der Waals surface area contributed by atoms with Gasteiger partial charge in [-0.2, -0.15) is 0 Å². The van der Waals surface area contributed by atoms with Gasteiger partial charge in [0.1, 0.15) is 6.04 Å². The van der Waals surface area contributed by atoms with Crippen LogP contribution >= 0.6 is 0 Å². The molecule has 23 heavy (non-hydrogen) atoms. The summed E-state index contributed by atoms with van der Waals surface area (Å²) in [6.07, 6.45) is 2.16. The van der Waals surface area contributed by atoms with E-state index in [1.807, 2.05) is 0 Å². The summed E-state index contributed by atoms with van der Waals surface area (Å²) in [5.41, 5.74) is 10.4. The lowest BCUT2D eigenvalue weighted by Crippen LogP contribution is -2.38. The van der Waals surface area contributed by atoms with Crippen LogP contribution in [0.5, 0.6) is 0 Å². The van der Waals surface area contributed by atoms with Crippen molar-refractivity contribution in [3.8, 4) is 0 Å². The minimum absolute atomic E-state index is 0.520. The zero-order valence-corrected chi connectivity index (χ0v) is 12.6. The van der Waals surface area contributed by atoms with Crippen molar-refractivity contribution in [2.45, 2.75) is 25.3 Å². The fourth-order valence-corrected chi connectivity index (χ4v) is 1.37. The summed E-state index contributed by atoms with van der Waals surface area (Å²) in [6.45, 7) is -1.19. The van der Waals surface area contributed by atoms with Gasteiger partial charge in [0.15, 0.2) is 0 Å². The van der Waals surface area contributed by atoms with Crippen LogP contribution in [0.2, 0.25) is 0 Å². The first kappa shape index (κ1) is 23.0. The highest BCUT2D eigenvalue weighted by molar-refractivity contribution is 5.75. The zero-order valence-electron chi connectivity index (χ0n) is 12.6. The number of nitrogens with zero attached hydrogens (tertiary/aromatic N) is 1. The number of rotatable bonds is 11. The molecule has 0 heterocycles. The van der Waals surface area contributed by atoms with Gasteiger partial charge < -0.3 is 31.9 Å². The molecule has 11 heteroatoms. The molecular weight excluding hydrogens is 314 g/mol. The minimum Gasteiger partial charge on any atom is -0.480 e. The molecule has 0 aliphatic rings. The van der Waals surface area contributed by atoms with E-state index in [0.29, 0.717) is 13.0 Å². The van der Waals surface area contributed by atoms with Crippen molar-refractivity contribution in [1.82, 2.24) is 4.90 Å². The Balaban J connectivity index is 0. The van der Waals surface area contributed by atoms with Crippen LogP contribution in [0.4, 0.5) is 0 Å². The Hall–Kier alpha value is -2.24. The van der Waals surface area contributed by atoms with E-state index in [9.17, 15) is 19.2 Å². The molecule has 0 aliphatic heterocycles. The van der Waals surface area contributed by atoms with Crippen molar-refractivity contribution in [3.05, 3.63) is 0 Å². The van der Waals surface area contributed by atoms with E-state index in [-0.39, 0.29) is 0 Å². The Morgan fingerprint density at radius 3 is 1.48 bits per heavy atom. The van der Waals surface area contributed by atoms with E-state index < -0.39 is 49.6 Å². The molecule has 0 saturated carbocycles. The third-order valence-corrected chi connectivity index (χ3v) is 2.36. The molecule has 11 nitrogen and oxygen atoms in total. The second-order valence-electron chi connectivity index (χ2n) is 4.56. The van der Waals surface area contributed by atoms with Gasteiger partial charge in [-0.05, 0) is 19.4 Å². The SMILES string of the molecule is NCCCC[C@H](N)C(=O)O.O=C(O)CN(CC(=O)O)CC(=O)O. The van der Waals surface area contributed by atoms with Crippen LogP contribution in [0.3, 0.4) is 0 Å². The highest BCUT2D eigenvalue weighted by Crippen LogP contribution is 1.97. The minimum atomic E-state index is -1.26. The van der Waals surface area contributed by atoms with Gasteiger partial charge >= 0.3 is 23.9 Å². The van der Waals surface area contributed by atoms with Crippen LogP contribution in [0.15, 0.2) is 0 Å².